The van der Waals surface area contributed by atoms with Crippen LogP contribution < -0.4 is 11.1 Å². The van der Waals surface area contributed by atoms with Crippen LogP contribution in [0, 0.1) is 27.7 Å². The number of H-pyrrole nitrogens is 2. The number of imidazole rings is 2. The van der Waals surface area contributed by atoms with Crippen molar-refractivity contribution in [3.63, 3.8) is 0 Å². The van der Waals surface area contributed by atoms with Gasteiger partial charge in [-0.3, -0.25) is 57.5 Å². The van der Waals surface area contributed by atoms with Crippen LogP contribution >= 0.6 is 47.8 Å². The lowest BCUT2D eigenvalue weighted by molar-refractivity contribution is -0.145. The summed E-state index contributed by atoms with van der Waals surface area (Å²) >= 11 is 8.87. The number of rotatable bonds is 10. The van der Waals surface area contributed by atoms with Crippen molar-refractivity contribution in [1.82, 2.24) is 25.3 Å². The maximum Gasteiger partial charge on any atom is 0.303 e. The van der Waals surface area contributed by atoms with Gasteiger partial charge in [0.25, 0.3) is 23.9 Å². The largest absolute Gasteiger partial charge is 0.481 e. The standard InChI is InChI=1S/C5H6Br2O2.2C5H8N2.C5H9NO2.C5H8O3.C3H5BrO.C3H7NO.C3H6O.4C2H4O2/c6-2-4(8)1-5(9)3-7;2*1-4-3-6-5(2)7-4;1-4(7)3-6-5(2)8;1-4(6)3-8-5(2)7;2*1-3(5)2-4;1-3(2)4;4*1-2(3)4/h1-3H2;2*3H,1-2H3,(H,6,7);3H2,1-2H3,(H,6,8);3H2,1-2H3;2H2,1H3;2,4H2,1H3;1-2H3;4*1H3,(H,3,4). The number of aromatic nitrogens is 4. The van der Waals surface area contributed by atoms with Crippen molar-refractivity contribution in [2.75, 3.05) is 35.7 Å². The topological polar surface area (TPSA) is 407 Å². The minimum atomic E-state index is -0.833. The van der Waals surface area contributed by atoms with Crippen LogP contribution in [0.25, 0.3) is 0 Å². The smallest absolute Gasteiger partial charge is 0.303 e. The minimum absolute atomic E-state index is 0.0276. The lowest BCUT2D eigenvalue weighted by atomic mass is 10.2. The molecule has 0 radical (unpaired) electrons. The van der Waals surface area contributed by atoms with Crippen LogP contribution in [0.4, 0.5) is 0 Å². The minimum Gasteiger partial charge on any atom is -0.481 e. The summed E-state index contributed by atoms with van der Waals surface area (Å²) < 4.78 is 4.31. The number of ether oxygens (including phenoxy) is 1. The second kappa shape index (κ2) is 64.4. The number of nitrogens with one attached hydrogen (secondary N) is 3. The normalized spacial score (nSPS) is 7.94. The van der Waals surface area contributed by atoms with Crippen molar-refractivity contribution in [3.8, 4) is 0 Å². The predicted molar refractivity (Wildman–Crippen MR) is 269 cm³/mol. The van der Waals surface area contributed by atoms with Gasteiger partial charge in [0.15, 0.2) is 17.3 Å². The van der Waals surface area contributed by atoms with Crippen LogP contribution in [-0.2, 0) is 67.1 Å². The fraction of sp³-hybridized carbons (Fsp3) is 0.548. The van der Waals surface area contributed by atoms with Gasteiger partial charge in [0.05, 0.1) is 35.5 Å². The first-order valence-electron chi connectivity index (χ1n) is 19.2. The van der Waals surface area contributed by atoms with E-state index < -0.39 is 29.8 Å². The fourth-order valence-corrected chi connectivity index (χ4v) is 2.25. The summed E-state index contributed by atoms with van der Waals surface area (Å²) in [5.74, 6) is -1.88. The fourth-order valence-electron chi connectivity index (χ4n) is 1.85. The van der Waals surface area contributed by atoms with Gasteiger partial charge in [-0.15, -0.1) is 0 Å². The van der Waals surface area contributed by atoms with E-state index in [0.717, 1.165) is 50.7 Å². The molecule has 24 nitrogen and oxygen atoms in total. The third-order valence-electron chi connectivity index (χ3n) is 3.89. The first-order chi connectivity index (χ1) is 31.2. The summed E-state index contributed by atoms with van der Waals surface area (Å²) in [6.07, 6.45) is 3.67. The number of esters is 1. The molecule has 1 amide bonds. The molecule has 69 heavy (non-hydrogen) atoms. The summed E-state index contributed by atoms with van der Waals surface area (Å²) in [7, 11) is 0. The molecule has 2 rings (SSSR count). The number of carbonyl (C=O) groups is 13. The first-order valence-corrected chi connectivity index (χ1v) is 22.6. The Morgan fingerprint density at radius 2 is 0.797 bits per heavy atom. The number of aromatic amines is 2. The average Bonchev–Trinajstić information content (AvgIpc) is 3.76. The summed E-state index contributed by atoms with van der Waals surface area (Å²) in [6, 6.07) is 0. The molecule has 2 aromatic rings. The molecule has 0 spiro atoms. The Bertz CT molecular complexity index is 1520. The van der Waals surface area contributed by atoms with Crippen molar-refractivity contribution in [1.29, 1.82) is 0 Å². The van der Waals surface area contributed by atoms with E-state index in [1.807, 2.05) is 40.1 Å². The number of aryl methyl sites for hydroxylation is 4. The first kappa shape index (κ1) is 86.5. The molecule has 9 N–H and O–H groups in total. The molecule has 0 saturated heterocycles. The highest BCUT2D eigenvalue weighted by atomic mass is 79.9. The van der Waals surface area contributed by atoms with Gasteiger partial charge in [0.1, 0.15) is 41.4 Å². The van der Waals surface area contributed by atoms with E-state index in [2.05, 4.69) is 77.8 Å². The Labute approximate surface area is 428 Å². The second-order valence-electron chi connectivity index (χ2n) is 12.6. The Balaban J connectivity index is -0.0000000697. The van der Waals surface area contributed by atoms with Crippen LogP contribution in [0.1, 0.15) is 113 Å². The molecule has 0 aliphatic carbocycles. The van der Waals surface area contributed by atoms with E-state index in [-0.39, 0.29) is 83.2 Å². The summed E-state index contributed by atoms with van der Waals surface area (Å²) in [5, 5.41) is 33.0. The molecule has 0 aromatic carbocycles. The number of nitrogens with two attached hydrogens (primary N) is 1. The Hall–Kier alpha value is -5.67. The summed E-state index contributed by atoms with van der Waals surface area (Å²) in [6.45, 7) is 23.9. The molecule has 0 atom stereocenters. The number of Topliss-reactive ketones (excluding diaryl/α,β-unsaturated/α-hetero) is 7. The van der Waals surface area contributed by atoms with Gasteiger partial charge in [-0.25, -0.2) is 9.97 Å². The lowest BCUT2D eigenvalue weighted by Crippen LogP contribution is -2.25. The number of halogens is 3. The van der Waals surface area contributed by atoms with Gasteiger partial charge >= 0.3 is 5.97 Å². The van der Waals surface area contributed by atoms with Crippen LogP contribution in [0.2, 0.25) is 0 Å². The Morgan fingerprint density at radius 1 is 0.536 bits per heavy atom. The van der Waals surface area contributed by atoms with Crippen LogP contribution in [-0.4, -0.2) is 152 Å². The van der Waals surface area contributed by atoms with Gasteiger partial charge < -0.3 is 51.0 Å². The van der Waals surface area contributed by atoms with E-state index in [4.69, 9.17) is 45.3 Å². The number of carbonyl (C=O) groups excluding carboxylic acids is 9. The average molecular weight is 1190 g/mol. The van der Waals surface area contributed by atoms with Crippen LogP contribution in [0.5, 0.6) is 0 Å². The molecule has 400 valence electrons. The van der Waals surface area contributed by atoms with Crippen LogP contribution in [0.3, 0.4) is 0 Å². The maximum absolute atomic E-state index is 10.5. The van der Waals surface area contributed by atoms with Gasteiger partial charge in [0, 0.05) is 65.3 Å². The van der Waals surface area contributed by atoms with Crippen molar-refractivity contribution < 1.29 is 87.5 Å². The van der Waals surface area contributed by atoms with E-state index >= 15 is 0 Å². The molecule has 0 bridgehead atoms. The number of carboxylic acid groups (broad SMARTS) is 4. The zero-order valence-corrected chi connectivity index (χ0v) is 47.0. The number of ketones is 7. The molecular weight excluding hydrogens is 1120 g/mol. The monoisotopic (exact) mass is 1190 g/mol. The predicted octanol–water partition coefficient (Wildman–Crippen LogP) is 4.67. The second-order valence-corrected chi connectivity index (χ2v) is 14.3. The quantitative estimate of drug-likeness (QED) is 0.0910. The maximum atomic E-state index is 10.5. The number of carboxylic acids is 4. The van der Waals surface area contributed by atoms with Gasteiger partial charge in [-0.1, -0.05) is 47.8 Å². The Morgan fingerprint density at radius 3 is 0.870 bits per heavy atom. The van der Waals surface area contributed by atoms with Crippen molar-refractivity contribution in [3.05, 3.63) is 35.4 Å². The molecular formula is C42H73Br3N6O18. The molecule has 27 heteroatoms. The van der Waals surface area contributed by atoms with Crippen LogP contribution in [0.15, 0.2) is 12.4 Å². The number of hydrogen-bond acceptors (Lipinski definition) is 17. The van der Waals surface area contributed by atoms with Crippen molar-refractivity contribution >= 4 is 124 Å². The summed E-state index contributed by atoms with van der Waals surface area (Å²) in [5.41, 5.74) is 7.07. The Kier molecular flexibility index (Phi) is 80.8. The van der Waals surface area contributed by atoms with E-state index in [0.29, 0.717) is 5.33 Å². The molecule has 0 aliphatic rings. The highest BCUT2D eigenvalue weighted by Gasteiger charge is 2.05. The zero-order chi connectivity index (χ0) is 57.4. The number of amides is 1. The molecule has 0 fully saturated rings. The molecule has 2 heterocycles. The van der Waals surface area contributed by atoms with Gasteiger partial charge in [0.2, 0.25) is 5.91 Å². The number of alkyl halides is 3. The third kappa shape index (κ3) is 192. The number of aliphatic carboxylic acids is 4. The van der Waals surface area contributed by atoms with Crippen molar-refractivity contribution in [2.24, 2.45) is 5.73 Å². The van der Waals surface area contributed by atoms with E-state index in [1.165, 1.54) is 55.4 Å². The highest BCUT2D eigenvalue weighted by molar-refractivity contribution is 9.09. The van der Waals surface area contributed by atoms with Gasteiger partial charge in [-0.2, -0.15) is 0 Å². The van der Waals surface area contributed by atoms with E-state index in [1.54, 1.807) is 0 Å². The van der Waals surface area contributed by atoms with E-state index in [9.17, 15) is 43.2 Å². The third-order valence-corrected chi connectivity index (χ3v) is 5.93. The lowest BCUT2D eigenvalue weighted by Gasteiger charge is -1.93. The number of nitrogens with zero attached hydrogens (tertiary/aromatic N) is 2. The SMILES string of the molecule is CC(=O)CBr.CC(=O)CN.CC(=O)CNC(C)=O.CC(=O)COC(C)=O.CC(=O)O.CC(=O)O.CC(=O)O.CC(=O)O.CC(C)=O.Cc1cnc(C)[nH]1.Cc1cnc(C)[nH]1.O=C(CBr)CC(=O)CBr. The van der Waals surface area contributed by atoms with Crippen molar-refractivity contribution in [2.45, 2.75) is 117 Å². The molecule has 2 aromatic heterocycles. The zero-order valence-electron chi connectivity index (χ0n) is 42.2. The molecule has 0 unspecified atom stereocenters. The molecule has 0 aliphatic heterocycles. The number of hydrogen-bond donors (Lipinski definition) is 8. The van der Waals surface area contributed by atoms with Gasteiger partial charge in [-0.05, 0) is 69.2 Å². The molecule has 0 saturated carbocycles. The highest BCUT2D eigenvalue weighted by Crippen LogP contribution is 1.93. The summed E-state index contributed by atoms with van der Waals surface area (Å²) in [4.78, 5) is 140.